The third kappa shape index (κ3) is 2.86. The fourth-order valence-corrected chi connectivity index (χ4v) is 2.75. The van der Waals surface area contributed by atoms with Crippen LogP contribution in [0.1, 0.15) is 22.3 Å². The monoisotopic (exact) mass is 290 g/mol. The zero-order valence-electron chi connectivity index (χ0n) is 12.6. The number of ketones is 1. The summed E-state index contributed by atoms with van der Waals surface area (Å²) < 4.78 is 5.41. The zero-order valence-corrected chi connectivity index (χ0v) is 12.6. The molecular weight excluding hydrogens is 272 g/mol. The van der Waals surface area contributed by atoms with E-state index in [9.17, 15) is 4.79 Å². The Morgan fingerprint density at radius 2 is 1.55 bits per heavy atom. The van der Waals surface area contributed by atoms with Crippen molar-refractivity contribution in [3.8, 4) is 5.75 Å². The molecule has 0 fully saturated rings. The molecule has 0 amide bonds. The summed E-state index contributed by atoms with van der Waals surface area (Å²) in [6.45, 7) is 0. The first-order valence-corrected chi connectivity index (χ1v) is 7.42. The lowest BCUT2D eigenvalue weighted by Crippen LogP contribution is -2.01. The first-order valence-electron chi connectivity index (χ1n) is 7.42. The van der Waals surface area contributed by atoms with Gasteiger partial charge in [-0.1, -0.05) is 60.7 Å². The van der Waals surface area contributed by atoms with Gasteiger partial charge in [-0.15, -0.1) is 0 Å². The van der Waals surface area contributed by atoms with Gasteiger partial charge < -0.3 is 4.74 Å². The van der Waals surface area contributed by atoms with E-state index >= 15 is 0 Å². The minimum Gasteiger partial charge on any atom is -0.496 e. The van der Waals surface area contributed by atoms with Crippen LogP contribution in [0.3, 0.4) is 0 Å². The Kier molecular flexibility index (Phi) is 4.19. The molecule has 0 atom stereocenters. The third-order valence-electron chi connectivity index (χ3n) is 3.91. The number of hydrogen-bond donors (Lipinski definition) is 0. The number of fused-ring (bicyclic) bond motifs is 1. The second kappa shape index (κ2) is 6.44. The van der Waals surface area contributed by atoms with Crippen molar-refractivity contribution in [2.24, 2.45) is 0 Å². The van der Waals surface area contributed by atoms with Gasteiger partial charge >= 0.3 is 0 Å². The highest BCUT2D eigenvalue weighted by molar-refractivity contribution is 5.97. The van der Waals surface area contributed by atoms with Gasteiger partial charge in [0.2, 0.25) is 0 Å². The van der Waals surface area contributed by atoms with Crippen LogP contribution in [-0.4, -0.2) is 12.9 Å². The van der Waals surface area contributed by atoms with Crippen LogP contribution in [0, 0.1) is 0 Å². The molecule has 110 valence electrons. The van der Waals surface area contributed by atoms with E-state index in [1.54, 1.807) is 7.11 Å². The molecule has 3 aromatic rings. The molecule has 0 saturated heterocycles. The summed E-state index contributed by atoms with van der Waals surface area (Å²) >= 11 is 0. The van der Waals surface area contributed by atoms with Gasteiger partial charge in [-0.3, -0.25) is 4.79 Å². The van der Waals surface area contributed by atoms with Gasteiger partial charge in [0.05, 0.1) is 7.11 Å². The second-order valence-corrected chi connectivity index (χ2v) is 5.26. The molecule has 0 spiro atoms. The molecule has 0 radical (unpaired) electrons. The van der Waals surface area contributed by atoms with Crippen molar-refractivity contribution in [1.29, 1.82) is 0 Å². The minimum absolute atomic E-state index is 0.181. The Hall–Kier alpha value is -2.61. The number of carbonyl (C=O) groups excluding carboxylic acids is 1. The summed E-state index contributed by atoms with van der Waals surface area (Å²) in [5.41, 5.74) is 1.96. The van der Waals surface area contributed by atoms with Crippen molar-refractivity contribution in [2.75, 3.05) is 7.11 Å². The molecule has 0 aliphatic carbocycles. The van der Waals surface area contributed by atoms with Gasteiger partial charge in [0.1, 0.15) is 5.75 Å². The number of hydrogen-bond acceptors (Lipinski definition) is 2. The maximum atomic E-state index is 12.3. The predicted octanol–water partition coefficient (Wildman–Crippen LogP) is 4.66. The van der Waals surface area contributed by atoms with E-state index in [0.29, 0.717) is 6.42 Å². The van der Waals surface area contributed by atoms with Gasteiger partial charge in [0.25, 0.3) is 0 Å². The van der Waals surface area contributed by atoms with Crippen molar-refractivity contribution in [1.82, 2.24) is 0 Å². The molecule has 2 nitrogen and oxygen atoms in total. The maximum Gasteiger partial charge on any atom is 0.163 e. The Morgan fingerprint density at radius 1 is 0.864 bits per heavy atom. The first kappa shape index (κ1) is 14.3. The summed E-state index contributed by atoms with van der Waals surface area (Å²) in [7, 11) is 1.68. The summed E-state index contributed by atoms with van der Waals surface area (Å²) in [4.78, 5) is 12.3. The van der Waals surface area contributed by atoms with Gasteiger partial charge in [-0.25, -0.2) is 0 Å². The van der Waals surface area contributed by atoms with Crippen LogP contribution < -0.4 is 4.74 Å². The molecule has 0 aliphatic heterocycles. The highest BCUT2D eigenvalue weighted by Gasteiger charge is 2.09. The maximum absolute atomic E-state index is 12.3. The molecule has 3 rings (SSSR count). The van der Waals surface area contributed by atoms with Crippen molar-refractivity contribution < 1.29 is 9.53 Å². The normalized spacial score (nSPS) is 10.6. The SMILES string of the molecule is COc1ccc(CCC(=O)c2ccccc2)c2ccccc12. The summed E-state index contributed by atoms with van der Waals surface area (Å²) in [6.07, 6.45) is 1.25. The first-order chi connectivity index (χ1) is 10.8. The van der Waals surface area contributed by atoms with Gasteiger partial charge in [0, 0.05) is 17.4 Å². The number of ether oxygens (including phenoxy) is 1. The second-order valence-electron chi connectivity index (χ2n) is 5.26. The molecule has 0 heterocycles. The number of rotatable bonds is 5. The van der Waals surface area contributed by atoms with E-state index in [-0.39, 0.29) is 5.78 Å². The van der Waals surface area contributed by atoms with Crippen LogP contribution >= 0.6 is 0 Å². The standard InChI is InChI=1S/C20H18O2/c1-22-20-14-12-15(17-9-5-6-10-18(17)20)11-13-19(21)16-7-3-2-4-8-16/h2-10,12,14H,11,13H2,1H3. The van der Waals surface area contributed by atoms with Crippen LogP contribution in [0.15, 0.2) is 66.7 Å². The molecule has 0 saturated carbocycles. The van der Waals surface area contributed by atoms with E-state index in [2.05, 4.69) is 18.2 Å². The fourth-order valence-electron chi connectivity index (χ4n) is 2.75. The number of methoxy groups -OCH3 is 1. The molecule has 0 bridgehead atoms. The van der Waals surface area contributed by atoms with Crippen molar-refractivity contribution in [2.45, 2.75) is 12.8 Å². The number of Topliss-reactive ketones (excluding diaryl/α,β-unsaturated/α-hetero) is 1. The van der Waals surface area contributed by atoms with Crippen LogP contribution in [0.4, 0.5) is 0 Å². The van der Waals surface area contributed by atoms with Crippen LogP contribution in [0.2, 0.25) is 0 Å². The predicted molar refractivity (Wildman–Crippen MR) is 89.6 cm³/mol. The fraction of sp³-hybridized carbons (Fsp3) is 0.150. The molecule has 0 unspecified atom stereocenters. The quantitative estimate of drug-likeness (QED) is 0.639. The average Bonchev–Trinajstić information content (AvgIpc) is 2.60. The van der Waals surface area contributed by atoms with Crippen LogP contribution in [-0.2, 0) is 6.42 Å². The van der Waals surface area contributed by atoms with E-state index < -0.39 is 0 Å². The molecular formula is C20H18O2. The van der Waals surface area contributed by atoms with Crippen LogP contribution in [0.25, 0.3) is 10.8 Å². The largest absolute Gasteiger partial charge is 0.496 e. The lowest BCUT2D eigenvalue weighted by molar-refractivity contribution is 0.0983. The summed E-state index contributed by atoms with van der Waals surface area (Å²) in [6, 6.07) is 21.7. The Balaban J connectivity index is 1.84. The molecule has 3 aromatic carbocycles. The highest BCUT2D eigenvalue weighted by Crippen LogP contribution is 2.29. The smallest absolute Gasteiger partial charge is 0.163 e. The third-order valence-corrected chi connectivity index (χ3v) is 3.91. The van der Waals surface area contributed by atoms with E-state index in [0.717, 1.165) is 28.5 Å². The van der Waals surface area contributed by atoms with Gasteiger partial charge in [-0.2, -0.15) is 0 Å². The van der Waals surface area contributed by atoms with Crippen LogP contribution in [0.5, 0.6) is 5.75 Å². The van der Waals surface area contributed by atoms with E-state index in [4.69, 9.17) is 4.74 Å². The Morgan fingerprint density at radius 3 is 2.27 bits per heavy atom. The van der Waals surface area contributed by atoms with E-state index in [1.165, 1.54) is 5.56 Å². The molecule has 0 aliphatic rings. The van der Waals surface area contributed by atoms with Gasteiger partial charge in [-0.05, 0) is 23.4 Å². The van der Waals surface area contributed by atoms with Crippen molar-refractivity contribution in [3.63, 3.8) is 0 Å². The Labute approximate surface area is 130 Å². The Bertz CT molecular complexity index is 791. The zero-order chi connectivity index (χ0) is 15.4. The van der Waals surface area contributed by atoms with E-state index in [1.807, 2.05) is 48.5 Å². The molecule has 2 heteroatoms. The minimum atomic E-state index is 0.181. The number of carbonyl (C=O) groups is 1. The van der Waals surface area contributed by atoms with Crippen molar-refractivity contribution in [3.05, 3.63) is 77.9 Å². The topological polar surface area (TPSA) is 26.3 Å². The molecule has 0 aromatic heterocycles. The summed E-state index contributed by atoms with van der Waals surface area (Å²) in [5.74, 6) is 1.05. The average molecular weight is 290 g/mol. The highest BCUT2D eigenvalue weighted by atomic mass is 16.5. The number of benzene rings is 3. The number of aryl methyl sites for hydroxylation is 1. The molecule has 0 N–H and O–H groups in total. The van der Waals surface area contributed by atoms with Gasteiger partial charge in [0.15, 0.2) is 5.78 Å². The lowest BCUT2D eigenvalue weighted by atomic mass is 9.97. The molecule has 22 heavy (non-hydrogen) atoms. The summed E-state index contributed by atoms with van der Waals surface area (Å²) in [5, 5.41) is 2.25. The van der Waals surface area contributed by atoms with Crippen molar-refractivity contribution >= 4 is 16.6 Å². The lowest BCUT2D eigenvalue weighted by Gasteiger charge is -2.10.